The van der Waals surface area contributed by atoms with E-state index in [1.54, 1.807) is 0 Å². The minimum atomic E-state index is -4.04. The zero-order valence-corrected chi connectivity index (χ0v) is 13.4. The first-order valence-corrected chi connectivity index (χ1v) is 8.57. The maximum absolute atomic E-state index is 13.1. The Kier molecular flexibility index (Phi) is 4.71. The molecule has 1 aromatic heterocycles. The number of hydrogen-bond donors (Lipinski definition) is 2. The largest absolute Gasteiger partial charge is 0.476 e. The van der Waals surface area contributed by atoms with Crippen molar-refractivity contribution in [3.05, 3.63) is 45.3 Å². The number of thiazole rings is 1. The van der Waals surface area contributed by atoms with Crippen LogP contribution in [0.4, 0.5) is 4.39 Å². The van der Waals surface area contributed by atoms with Crippen molar-refractivity contribution in [2.24, 2.45) is 0 Å². The van der Waals surface area contributed by atoms with Crippen LogP contribution in [0.15, 0.2) is 32.4 Å². The minimum Gasteiger partial charge on any atom is -0.476 e. The summed E-state index contributed by atoms with van der Waals surface area (Å²) in [6.07, 6.45) is 0. The topological polar surface area (TPSA) is 96.4 Å². The molecule has 2 N–H and O–H groups in total. The molecular formula is C11H8BrFN2O4S2. The molecule has 1 aromatic carbocycles. The molecule has 0 aliphatic carbocycles. The van der Waals surface area contributed by atoms with E-state index >= 15 is 0 Å². The molecule has 6 nitrogen and oxygen atoms in total. The molecule has 0 aliphatic heterocycles. The van der Waals surface area contributed by atoms with E-state index < -0.39 is 27.5 Å². The van der Waals surface area contributed by atoms with Crippen LogP contribution in [0.2, 0.25) is 0 Å². The number of rotatable bonds is 5. The van der Waals surface area contributed by atoms with Crippen molar-refractivity contribution in [3.8, 4) is 0 Å². The van der Waals surface area contributed by atoms with Crippen molar-refractivity contribution in [3.63, 3.8) is 0 Å². The predicted octanol–water partition coefficient (Wildman–Crippen LogP) is 2.22. The van der Waals surface area contributed by atoms with Crippen LogP contribution < -0.4 is 4.72 Å². The van der Waals surface area contributed by atoms with E-state index in [4.69, 9.17) is 5.11 Å². The van der Waals surface area contributed by atoms with Crippen molar-refractivity contribution in [1.82, 2.24) is 9.71 Å². The van der Waals surface area contributed by atoms with Gasteiger partial charge in [-0.2, -0.15) is 0 Å². The lowest BCUT2D eigenvalue weighted by Crippen LogP contribution is -2.24. The highest BCUT2D eigenvalue weighted by Crippen LogP contribution is 2.22. The van der Waals surface area contributed by atoms with Crippen LogP contribution >= 0.6 is 27.3 Å². The summed E-state index contributed by atoms with van der Waals surface area (Å²) in [7, 11) is -4.04. The third kappa shape index (κ3) is 3.64. The molecule has 0 amide bonds. The molecule has 1 heterocycles. The second-order valence-electron chi connectivity index (χ2n) is 3.85. The number of nitrogens with one attached hydrogen (secondary N) is 1. The highest BCUT2D eigenvalue weighted by Gasteiger charge is 2.25. The van der Waals surface area contributed by atoms with Gasteiger partial charge in [-0.05, 0) is 23.8 Å². The molecule has 0 aliphatic rings. The standard InChI is InChI=1S/C11H8BrFN2O4S2/c12-8-2-1-7(13)3-6(8)4-15-21(18,19)11-9(10(16)17)14-5-20-11/h1-3,5,15H,4H2,(H,16,17). The molecule has 0 unspecified atom stereocenters. The van der Waals surface area contributed by atoms with Gasteiger partial charge in [0, 0.05) is 11.0 Å². The number of halogens is 2. The normalized spacial score (nSPS) is 11.5. The number of hydrogen-bond acceptors (Lipinski definition) is 5. The number of carboxylic acid groups (broad SMARTS) is 1. The van der Waals surface area contributed by atoms with E-state index in [1.807, 2.05) is 0 Å². The molecular weight excluding hydrogens is 387 g/mol. The Morgan fingerprint density at radius 1 is 1.48 bits per heavy atom. The number of benzene rings is 1. The van der Waals surface area contributed by atoms with Gasteiger partial charge in [0.15, 0.2) is 9.90 Å². The number of carboxylic acids is 1. The van der Waals surface area contributed by atoms with E-state index in [2.05, 4.69) is 25.6 Å². The summed E-state index contributed by atoms with van der Waals surface area (Å²) in [5.74, 6) is -1.93. The Morgan fingerprint density at radius 2 is 2.19 bits per heavy atom. The molecule has 0 saturated carbocycles. The van der Waals surface area contributed by atoms with E-state index in [0.717, 1.165) is 5.51 Å². The van der Waals surface area contributed by atoms with Gasteiger partial charge in [-0.1, -0.05) is 15.9 Å². The summed E-state index contributed by atoms with van der Waals surface area (Å²) < 4.78 is 39.7. The van der Waals surface area contributed by atoms with E-state index in [9.17, 15) is 17.6 Å². The molecule has 2 rings (SSSR count). The number of aromatic carboxylic acids is 1. The lowest BCUT2D eigenvalue weighted by Gasteiger charge is -2.07. The van der Waals surface area contributed by atoms with Crippen molar-refractivity contribution in [2.75, 3.05) is 0 Å². The van der Waals surface area contributed by atoms with Gasteiger partial charge in [0.05, 0.1) is 5.51 Å². The molecule has 2 aromatic rings. The van der Waals surface area contributed by atoms with Crippen molar-refractivity contribution in [1.29, 1.82) is 0 Å². The molecule has 21 heavy (non-hydrogen) atoms. The van der Waals surface area contributed by atoms with Crippen LogP contribution in [-0.2, 0) is 16.6 Å². The first-order valence-electron chi connectivity index (χ1n) is 5.41. The fourth-order valence-electron chi connectivity index (χ4n) is 1.49. The fourth-order valence-corrected chi connectivity index (χ4v) is 4.06. The zero-order chi connectivity index (χ0) is 15.6. The average molecular weight is 395 g/mol. The zero-order valence-electron chi connectivity index (χ0n) is 10.2. The number of carbonyl (C=O) groups is 1. The van der Waals surface area contributed by atoms with Crippen molar-refractivity contribution >= 4 is 43.3 Å². The summed E-state index contributed by atoms with van der Waals surface area (Å²) in [5.41, 5.74) is 0.988. The smallest absolute Gasteiger partial charge is 0.356 e. The first kappa shape index (κ1) is 16.0. The molecule has 0 fully saturated rings. The highest BCUT2D eigenvalue weighted by molar-refractivity contribution is 9.10. The molecule has 112 valence electrons. The Bertz CT molecular complexity index is 791. The molecule has 0 spiro atoms. The second kappa shape index (κ2) is 6.18. The summed E-state index contributed by atoms with van der Waals surface area (Å²) >= 11 is 3.88. The molecule has 0 atom stereocenters. The van der Waals surface area contributed by atoms with Gasteiger partial charge in [-0.25, -0.2) is 27.3 Å². The minimum absolute atomic E-state index is 0.183. The number of aromatic nitrogens is 1. The SMILES string of the molecule is O=C(O)c1ncsc1S(=O)(=O)NCc1cc(F)ccc1Br. The van der Waals surface area contributed by atoms with Crippen LogP contribution in [0.3, 0.4) is 0 Å². The predicted molar refractivity (Wildman–Crippen MR) is 77.2 cm³/mol. The van der Waals surface area contributed by atoms with Crippen molar-refractivity contribution < 1.29 is 22.7 Å². The first-order chi connectivity index (χ1) is 9.81. The van der Waals surface area contributed by atoms with Gasteiger partial charge >= 0.3 is 5.97 Å². The van der Waals surface area contributed by atoms with Gasteiger partial charge in [0.2, 0.25) is 0 Å². The molecule has 0 saturated heterocycles. The Morgan fingerprint density at radius 3 is 2.86 bits per heavy atom. The fraction of sp³-hybridized carbons (Fsp3) is 0.0909. The van der Waals surface area contributed by atoms with Crippen LogP contribution in [0.25, 0.3) is 0 Å². The van der Waals surface area contributed by atoms with Gasteiger partial charge in [-0.15, -0.1) is 11.3 Å². The number of sulfonamides is 1. The lowest BCUT2D eigenvalue weighted by molar-refractivity contribution is 0.0687. The highest BCUT2D eigenvalue weighted by atomic mass is 79.9. The van der Waals surface area contributed by atoms with E-state index in [0.29, 0.717) is 21.4 Å². The third-order valence-electron chi connectivity index (χ3n) is 2.44. The Balaban J connectivity index is 2.24. The molecule has 0 bridgehead atoms. The third-order valence-corrected chi connectivity index (χ3v) is 5.99. The Labute approximate surface area is 131 Å². The van der Waals surface area contributed by atoms with Gasteiger partial charge in [0.1, 0.15) is 5.82 Å². The monoisotopic (exact) mass is 394 g/mol. The maximum atomic E-state index is 13.1. The van der Waals surface area contributed by atoms with Gasteiger partial charge in [0.25, 0.3) is 10.0 Å². The van der Waals surface area contributed by atoms with Crippen LogP contribution in [-0.4, -0.2) is 24.5 Å². The van der Waals surface area contributed by atoms with Crippen molar-refractivity contribution in [2.45, 2.75) is 10.8 Å². The van der Waals surface area contributed by atoms with Crippen LogP contribution in [0.1, 0.15) is 16.1 Å². The Hall–Kier alpha value is -1.36. The lowest BCUT2D eigenvalue weighted by atomic mass is 10.2. The summed E-state index contributed by atoms with van der Waals surface area (Å²) in [6, 6.07) is 3.86. The molecule has 0 radical (unpaired) electrons. The average Bonchev–Trinajstić information content (AvgIpc) is 2.90. The maximum Gasteiger partial charge on any atom is 0.356 e. The quantitative estimate of drug-likeness (QED) is 0.810. The second-order valence-corrected chi connectivity index (χ2v) is 7.53. The van der Waals surface area contributed by atoms with Crippen LogP contribution in [0.5, 0.6) is 0 Å². The van der Waals surface area contributed by atoms with E-state index in [-0.39, 0.29) is 10.8 Å². The summed E-state index contributed by atoms with van der Waals surface area (Å²) in [5, 5.41) is 8.88. The molecule has 10 heteroatoms. The van der Waals surface area contributed by atoms with Crippen LogP contribution in [0, 0.1) is 5.82 Å². The van der Waals surface area contributed by atoms with Gasteiger partial charge in [-0.3, -0.25) is 0 Å². The van der Waals surface area contributed by atoms with Gasteiger partial charge < -0.3 is 5.11 Å². The van der Waals surface area contributed by atoms with E-state index in [1.165, 1.54) is 18.2 Å². The number of nitrogens with zero attached hydrogens (tertiary/aromatic N) is 1. The summed E-state index contributed by atoms with van der Waals surface area (Å²) in [6.45, 7) is -0.183. The summed E-state index contributed by atoms with van der Waals surface area (Å²) in [4.78, 5) is 14.4.